The van der Waals surface area contributed by atoms with E-state index in [-0.39, 0.29) is 11.5 Å². The molecule has 0 radical (unpaired) electrons. The lowest BCUT2D eigenvalue weighted by atomic mass is 9.99. The van der Waals surface area contributed by atoms with Crippen LogP contribution in [0.2, 0.25) is 0 Å². The maximum Gasteiger partial charge on any atom is 0.431 e. The predicted molar refractivity (Wildman–Crippen MR) is 54.5 cm³/mol. The van der Waals surface area contributed by atoms with E-state index in [1.165, 1.54) is 0 Å². The highest BCUT2D eigenvalue weighted by molar-refractivity contribution is 7.99. The van der Waals surface area contributed by atoms with E-state index in [2.05, 4.69) is 4.74 Å². The van der Waals surface area contributed by atoms with Crippen molar-refractivity contribution in [1.82, 2.24) is 0 Å². The van der Waals surface area contributed by atoms with Crippen LogP contribution in [0.3, 0.4) is 0 Å². The number of ether oxygens (including phenoxy) is 1. The van der Waals surface area contributed by atoms with Gasteiger partial charge in [0.05, 0.1) is 12.9 Å². The molecule has 0 aliphatic carbocycles. The van der Waals surface area contributed by atoms with Crippen LogP contribution < -0.4 is 0 Å². The number of carbonyl (C=O) groups excluding carboxylic acids is 1. The van der Waals surface area contributed by atoms with E-state index < -0.39 is 36.8 Å². The van der Waals surface area contributed by atoms with Gasteiger partial charge in [-0.1, -0.05) is 0 Å². The first-order valence-corrected chi connectivity index (χ1v) is 6.08. The van der Waals surface area contributed by atoms with Gasteiger partial charge in [-0.15, -0.1) is 0 Å². The topological polar surface area (TPSA) is 26.3 Å². The van der Waals surface area contributed by atoms with Gasteiger partial charge in [0, 0.05) is 6.42 Å². The Kier molecular flexibility index (Phi) is 6.43. The number of carbonyl (C=O) groups is 1. The number of thioether (sulfide) groups is 1. The summed E-state index contributed by atoms with van der Waals surface area (Å²) in [6.45, 7) is 0. The molecule has 0 unspecified atom stereocenters. The molecule has 0 aromatic rings. The SMILES string of the molecule is COC(=O)CSCCCC(F)(C(F)(F)F)C(F)(F)F. The van der Waals surface area contributed by atoms with Gasteiger partial charge in [-0.25, -0.2) is 4.39 Å². The van der Waals surface area contributed by atoms with Gasteiger partial charge in [-0.2, -0.15) is 38.1 Å². The Bertz CT molecular complexity index is 286. The quantitative estimate of drug-likeness (QED) is 0.426. The molecule has 0 atom stereocenters. The number of methoxy groups -OCH3 is 1. The lowest BCUT2D eigenvalue weighted by Crippen LogP contribution is -2.53. The van der Waals surface area contributed by atoms with E-state index in [4.69, 9.17) is 0 Å². The molecule has 0 aliphatic rings. The summed E-state index contributed by atoms with van der Waals surface area (Å²) in [6.07, 6.45) is -14.4. The Balaban J connectivity index is 4.36. The number of halogens is 7. The van der Waals surface area contributed by atoms with Crippen LogP contribution in [0.5, 0.6) is 0 Å². The third kappa shape index (κ3) is 5.07. The largest absolute Gasteiger partial charge is 0.468 e. The van der Waals surface area contributed by atoms with Gasteiger partial charge in [0.15, 0.2) is 0 Å². The molecule has 0 fully saturated rings. The van der Waals surface area contributed by atoms with E-state index in [9.17, 15) is 35.5 Å². The summed E-state index contributed by atoms with van der Waals surface area (Å²) in [7, 11) is 1.09. The molecule has 0 aliphatic heterocycles. The smallest absolute Gasteiger partial charge is 0.431 e. The van der Waals surface area contributed by atoms with E-state index in [1.807, 2.05) is 0 Å². The van der Waals surface area contributed by atoms with Crippen molar-refractivity contribution in [3.8, 4) is 0 Å². The van der Waals surface area contributed by atoms with Crippen LogP contribution in [0.1, 0.15) is 12.8 Å². The second-order valence-electron chi connectivity index (χ2n) is 3.53. The monoisotopic (exact) mass is 316 g/mol. The van der Waals surface area contributed by atoms with E-state index >= 15 is 0 Å². The molecule has 19 heavy (non-hydrogen) atoms. The number of rotatable bonds is 6. The Morgan fingerprint density at radius 3 is 1.89 bits per heavy atom. The third-order valence-electron chi connectivity index (χ3n) is 2.16. The first-order chi connectivity index (χ1) is 8.45. The van der Waals surface area contributed by atoms with Crippen LogP contribution in [0.25, 0.3) is 0 Å². The maximum atomic E-state index is 13.1. The fourth-order valence-corrected chi connectivity index (χ4v) is 1.85. The van der Waals surface area contributed by atoms with Crippen molar-refractivity contribution in [2.45, 2.75) is 30.9 Å². The second kappa shape index (κ2) is 6.67. The first kappa shape index (κ1) is 18.3. The zero-order valence-corrected chi connectivity index (χ0v) is 10.5. The van der Waals surface area contributed by atoms with Crippen LogP contribution in [0, 0.1) is 0 Å². The summed E-state index contributed by atoms with van der Waals surface area (Å²) in [4.78, 5) is 10.6. The van der Waals surface area contributed by atoms with Gasteiger partial charge in [-0.3, -0.25) is 4.79 Å². The highest BCUT2D eigenvalue weighted by atomic mass is 32.2. The van der Waals surface area contributed by atoms with Crippen LogP contribution in [-0.4, -0.2) is 42.6 Å². The summed E-state index contributed by atoms with van der Waals surface area (Å²) in [6, 6.07) is 0. The van der Waals surface area contributed by atoms with E-state index in [0.29, 0.717) is 0 Å². The molecule has 0 N–H and O–H groups in total. The standard InChI is InChI=1S/C9H11F7O2S/c1-18-6(17)5-19-4-2-3-7(10,8(11,12)13)9(14,15)16/h2-5H2,1H3. The van der Waals surface area contributed by atoms with Crippen LogP contribution >= 0.6 is 11.8 Å². The Morgan fingerprint density at radius 1 is 1.05 bits per heavy atom. The van der Waals surface area contributed by atoms with Crippen molar-refractivity contribution in [1.29, 1.82) is 0 Å². The number of hydrogen-bond acceptors (Lipinski definition) is 3. The zero-order valence-electron chi connectivity index (χ0n) is 9.70. The molecule has 0 rings (SSSR count). The maximum absolute atomic E-state index is 13.1. The minimum absolute atomic E-state index is 0.214. The van der Waals surface area contributed by atoms with Gasteiger partial charge in [-0.05, 0) is 12.2 Å². The van der Waals surface area contributed by atoms with Crippen LogP contribution in [0.4, 0.5) is 30.7 Å². The summed E-state index contributed by atoms with van der Waals surface area (Å²) >= 11 is 0.772. The fraction of sp³-hybridized carbons (Fsp3) is 0.889. The Labute approximate surface area is 108 Å². The zero-order chi connectivity index (χ0) is 15.3. The molecule has 0 heterocycles. The van der Waals surface area contributed by atoms with E-state index in [0.717, 1.165) is 18.9 Å². The van der Waals surface area contributed by atoms with E-state index in [1.54, 1.807) is 0 Å². The lowest BCUT2D eigenvalue weighted by molar-refractivity contribution is -0.343. The number of hydrogen-bond donors (Lipinski definition) is 0. The molecule has 0 aromatic heterocycles. The van der Waals surface area contributed by atoms with Gasteiger partial charge in [0.1, 0.15) is 0 Å². The van der Waals surface area contributed by atoms with Crippen molar-refractivity contribution in [2.24, 2.45) is 0 Å². The molecule has 0 amide bonds. The highest BCUT2D eigenvalue weighted by Gasteiger charge is 2.71. The summed E-state index contributed by atoms with van der Waals surface area (Å²) in [5.41, 5.74) is -5.22. The third-order valence-corrected chi connectivity index (χ3v) is 3.17. The molecular weight excluding hydrogens is 305 g/mol. The molecule has 114 valence electrons. The normalized spacial score (nSPS) is 13.5. The van der Waals surface area contributed by atoms with Crippen LogP contribution in [-0.2, 0) is 9.53 Å². The average molecular weight is 316 g/mol. The second-order valence-corrected chi connectivity index (χ2v) is 4.63. The molecule has 0 saturated heterocycles. The predicted octanol–water partition coefficient (Wildman–Crippen LogP) is 3.51. The minimum Gasteiger partial charge on any atom is -0.468 e. The summed E-state index contributed by atoms with van der Waals surface area (Å²) in [5.74, 6) is -1.09. The Morgan fingerprint density at radius 2 is 1.53 bits per heavy atom. The summed E-state index contributed by atoms with van der Waals surface area (Å²) in [5, 5.41) is 0. The van der Waals surface area contributed by atoms with Gasteiger partial charge >= 0.3 is 18.3 Å². The van der Waals surface area contributed by atoms with Crippen molar-refractivity contribution < 1.29 is 40.3 Å². The fourth-order valence-electron chi connectivity index (χ4n) is 1.08. The van der Waals surface area contributed by atoms with Crippen molar-refractivity contribution in [3.05, 3.63) is 0 Å². The lowest BCUT2D eigenvalue weighted by Gasteiger charge is -2.29. The van der Waals surface area contributed by atoms with Crippen LogP contribution in [0.15, 0.2) is 0 Å². The highest BCUT2D eigenvalue weighted by Crippen LogP contribution is 2.48. The molecule has 0 saturated carbocycles. The molecule has 0 spiro atoms. The molecule has 0 bridgehead atoms. The van der Waals surface area contributed by atoms with Gasteiger partial charge in [0.25, 0.3) is 5.67 Å². The Hall–Kier alpha value is -0.670. The molecular formula is C9H11F7O2S. The summed E-state index contributed by atoms with van der Waals surface area (Å²) < 4.78 is 90.0. The van der Waals surface area contributed by atoms with Crippen molar-refractivity contribution in [3.63, 3.8) is 0 Å². The van der Waals surface area contributed by atoms with Gasteiger partial charge in [0.2, 0.25) is 0 Å². The average Bonchev–Trinajstić information content (AvgIpc) is 2.24. The number of alkyl halides is 7. The van der Waals surface area contributed by atoms with Crippen molar-refractivity contribution >= 4 is 17.7 Å². The first-order valence-electron chi connectivity index (χ1n) is 4.92. The molecule has 10 heteroatoms. The minimum atomic E-state index is -6.02. The van der Waals surface area contributed by atoms with Crippen molar-refractivity contribution in [2.75, 3.05) is 18.6 Å². The van der Waals surface area contributed by atoms with Gasteiger partial charge < -0.3 is 4.74 Å². The number of esters is 1. The molecule has 0 aromatic carbocycles. The molecule has 2 nitrogen and oxygen atoms in total.